The van der Waals surface area contributed by atoms with E-state index in [9.17, 15) is 17.6 Å². The summed E-state index contributed by atoms with van der Waals surface area (Å²) < 4.78 is 40.7. The summed E-state index contributed by atoms with van der Waals surface area (Å²) in [7, 11) is -3.75. The number of amides is 1. The van der Waals surface area contributed by atoms with Gasteiger partial charge in [-0.25, -0.2) is 22.8 Å². The molecule has 8 nitrogen and oxygen atoms in total. The Bertz CT molecular complexity index is 1200. The molecule has 1 aliphatic rings. The Morgan fingerprint density at radius 1 is 1.03 bits per heavy atom. The van der Waals surface area contributed by atoms with Gasteiger partial charge in [-0.1, -0.05) is 12.1 Å². The van der Waals surface area contributed by atoms with E-state index < -0.39 is 10.0 Å². The van der Waals surface area contributed by atoms with Gasteiger partial charge in [0.05, 0.1) is 10.8 Å². The summed E-state index contributed by atoms with van der Waals surface area (Å²) in [5.41, 5.74) is 1.67. The summed E-state index contributed by atoms with van der Waals surface area (Å²) in [5.74, 6) is -0.456. The maximum absolute atomic E-state index is 13.2. The van der Waals surface area contributed by atoms with Crippen LogP contribution in [-0.4, -0.2) is 55.4 Å². The van der Waals surface area contributed by atoms with E-state index in [1.54, 1.807) is 36.4 Å². The number of piperazine rings is 1. The second-order valence-corrected chi connectivity index (χ2v) is 9.46. The van der Waals surface area contributed by atoms with Crippen molar-refractivity contribution in [3.05, 3.63) is 78.5 Å². The first-order valence-electron chi connectivity index (χ1n) is 10.5. The topological polar surface area (TPSA) is 95.5 Å². The van der Waals surface area contributed by atoms with E-state index in [2.05, 4.69) is 19.6 Å². The largest absolute Gasteiger partial charge is 0.368 e. The molecule has 1 fully saturated rings. The Morgan fingerprint density at radius 2 is 1.70 bits per heavy atom. The molecular weight excluding hydrogens is 445 g/mol. The van der Waals surface area contributed by atoms with Gasteiger partial charge >= 0.3 is 0 Å². The highest BCUT2D eigenvalue weighted by molar-refractivity contribution is 7.92. The van der Waals surface area contributed by atoms with E-state index in [-0.39, 0.29) is 29.8 Å². The van der Waals surface area contributed by atoms with Gasteiger partial charge in [0, 0.05) is 39.5 Å². The Kier molecular flexibility index (Phi) is 6.55. The number of hydrogen-bond donors (Lipinski definition) is 1. The highest BCUT2D eigenvalue weighted by Gasteiger charge is 2.26. The fourth-order valence-electron chi connectivity index (χ4n) is 3.74. The van der Waals surface area contributed by atoms with Gasteiger partial charge in [0.1, 0.15) is 18.0 Å². The highest BCUT2D eigenvalue weighted by atomic mass is 32.2. The zero-order valence-electron chi connectivity index (χ0n) is 18.1. The summed E-state index contributed by atoms with van der Waals surface area (Å²) in [6, 6.07) is 14.1. The Balaban J connectivity index is 0.00000324. The average molecular weight is 472 g/mol. The Morgan fingerprint density at radius 3 is 2.30 bits per heavy atom. The molecule has 1 saturated heterocycles. The maximum Gasteiger partial charge on any atom is 0.263 e. The zero-order chi connectivity index (χ0) is 23.4. The third kappa shape index (κ3) is 5.28. The Labute approximate surface area is 193 Å². The number of aromatic nitrogens is 2. The van der Waals surface area contributed by atoms with Crippen LogP contribution in [0.1, 0.15) is 19.8 Å². The number of nitrogens with one attached hydrogen (secondary N) is 1. The van der Waals surface area contributed by atoms with Crippen LogP contribution in [0.5, 0.6) is 0 Å². The number of hydrogen-bond acceptors (Lipinski definition) is 6. The first-order valence-corrected chi connectivity index (χ1v) is 12.0. The number of sulfonamides is 1. The van der Waals surface area contributed by atoms with Crippen LogP contribution >= 0.6 is 0 Å². The molecule has 3 aromatic rings. The van der Waals surface area contributed by atoms with E-state index in [4.69, 9.17) is 0 Å². The fraction of sp³-hybridized carbons (Fsp3) is 0.261. The van der Waals surface area contributed by atoms with Crippen LogP contribution in [0.4, 0.5) is 15.9 Å². The lowest BCUT2D eigenvalue weighted by atomic mass is 9.99. The van der Waals surface area contributed by atoms with Crippen LogP contribution < -0.4 is 9.62 Å². The molecule has 4 rings (SSSR count). The van der Waals surface area contributed by atoms with E-state index >= 15 is 0 Å². The van der Waals surface area contributed by atoms with Crippen molar-refractivity contribution in [1.29, 1.82) is 0 Å². The van der Waals surface area contributed by atoms with Gasteiger partial charge in [0.2, 0.25) is 5.91 Å². The molecule has 1 atom stereocenters. The Hall–Kier alpha value is -3.53. The lowest BCUT2D eigenvalue weighted by Gasteiger charge is -2.37. The number of nitrogens with zero attached hydrogens (tertiary/aromatic N) is 4. The van der Waals surface area contributed by atoms with Gasteiger partial charge in [-0.3, -0.25) is 9.52 Å². The second-order valence-electron chi connectivity index (χ2n) is 7.78. The minimum atomic E-state index is -3.75. The molecule has 1 unspecified atom stereocenters. The van der Waals surface area contributed by atoms with Crippen molar-refractivity contribution in [2.45, 2.75) is 17.7 Å². The molecule has 1 aromatic heterocycles. The van der Waals surface area contributed by atoms with Gasteiger partial charge in [-0.05, 0) is 55.0 Å². The molecule has 1 N–H and O–H groups in total. The number of carbonyl (C=O) groups is 1. The van der Waals surface area contributed by atoms with Crippen molar-refractivity contribution >= 4 is 27.4 Å². The van der Waals surface area contributed by atoms with Crippen LogP contribution in [-0.2, 0) is 14.8 Å². The van der Waals surface area contributed by atoms with Crippen molar-refractivity contribution < 1.29 is 19.0 Å². The molecule has 1 aliphatic heterocycles. The quantitative estimate of drug-likeness (QED) is 0.594. The average Bonchev–Trinajstić information content (AvgIpc) is 2.84. The molecular formula is C23H26FN5O3S. The van der Waals surface area contributed by atoms with Crippen molar-refractivity contribution in [3.63, 3.8) is 0 Å². The van der Waals surface area contributed by atoms with E-state index in [0.717, 1.165) is 11.3 Å². The van der Waals surface area contributed by atoms with Gasteiger partial charge < -0.3 is 9.80 Å². The van der Waals surface area contributed by atoms with Gasteiger partial charge in [-0.2, -0.15) is 0 Å². The number of halogens is 1. The number of carbonyl (C=O) groups excluding carboxylic acids is 1. The molecule has 1 amide bonds. The molecule has 0 radical (unpaired) electrons. The number of rotatable bonds is 6. The molecule has 174 valence electrons. The van der Waals surface area contributed by atoms with E-state index in [1.807, 2.05) is 11.8 Å². The molecule has 0 aliphatic carbocycles. The maximum atomic E-state index is 13.2. The minimum absolute atomic E-state index is 0. The van der Waals surface area contributed by atoms with Crippen molar-refractivity contribution in [2.24, 2.45) is 0 Å². The summed E-state index contributed by atoms with van der Waals surface area (Å²) in [6.45, 7) is 4.20. The summed E-state index contributed by atoms with van der Waals surface area (Å²) in [5, 5.41) is 0. The van der Waals surface area contributed by atoms with Gasteiger partial charge in [0.15, 0.2) is 0 Å². The molecule has 2 aromatic carbocycles. The van der Waals surface area contributed by atoms with E-state index in [0.29, 0.717) is 26.2 Å². The second kappa shape index (κ2) is 9.53. The normalized spacial score (nSPS) is 15.2. The first kappa shape index (κ1) is 22.7. The molecule has 2 heterocycles. The van der Waals surface area contributed by atoms with Crippen LogP contribution in [0.15, 0.2) is 72.0 Å². The predicted octanol–water partition coefficient (Wildman–Crippen LogP) is 3.11. The molecule has 0 saturated carbocycles. The smallest absolute Gasteiger partial charge is 0.263 e. The zero-order valence-corrected chi connectivity index (χ0v) is 18.9. The standard InChI is InChI=1S/C23H24FN5O3S.H2/c1-17(18-2-4-19(24)5-3-18)23(30)29-14-12-28(13-15-29)20-6-8-21(9-7-20)33(31,32)27-22-10-11-25-16-26-22;/h2-11,16-17H,12-15H2,1H3,(H,25,26,27);1H. The lowest BCUT2D eigenvalue weighted by Crippen LogP contribution is -2.49. The molecule has 0 spiro atoms. The fourth-order valence-corrected chi connectivity index (χ4v) is 4.75. The van der Waals surface area contributed by atoms with Crippen LogP contribution in [0.3, 0.4) is 0 Å². The van der Waals surface area contributed by atoms with Gasteiger partial charge in [-0.15, -0.1) is 0 Å². The SMILES string of the molecule is CC(C(=O)N1CCN(c2ccc(S(=O)(=O)Nc3ccncn3)cc2)CC1)c1ccc(F)cc1.[HH]. The molecule has 0 bridgehead atoms. The number of benzene rings is 2. The van der Waals surface area contributed by atoms with Crippen LogP contribution in [0.25, 0.3) is 0 Å². The summed E-state index contributed by atoms with van der Waals surface area (Å²) in [4.78, 5) is 24.6. The molecule has 33 heavy (non-hydrogen) atoms. The highest BCUT2D eigenvalue weighted by Crippen LogP contribution is 2.23. The minimum Gasteiger partial charge on any atom is -0.368 e. The van der Waals surface area contributed by atoms with Crippen molar-refractivity contribution in [3.8, 4) is 0 Å². The van der Waals surface area contributed by atoms with Crippen molar-refractivity contribution in [1.82, 2.24) is 14.9 Å². The summed E-state index contributed by atoms with van der Waals surface area (Å²) in [6.07, 6.45) is 2.73. The van der Waals surface area contributed by atoms with Crippen LogP contribution in [0, 0.1) is 5.82 Å². The molecule has 10 heteroatoms. The first-order chi connectivity index (χ1) is 15.8. The third-order valence-electron chi connectivity index (χ3n) is 5.66. The number of anilines is 2. The monoisotopic (exact) mass is 471 g/mol. The van der Waals surface area contributed by atoms with Crippen molar-refractivity contribution in [2.75, 3.05) is 35.8 Å². The van der Waals surface area contributed by atoms with Crippen LogP contribution in [0.2, 0.25) is 0 Å². The summed E-state index contributed by atoms with van der Waals surface area (Å²) >= 11 is 0. The predicted molar refractivity (Wildman–Crippen MR) is 125 cm³/mol. The van der Waals surface area contributed by atoms with E-state index in [1.165, 1.54) is 30.7 Å². The van der Waals surface area contributed by atoms with Gasteiger partial charge in [0.25, 0.3) is 10.0 Å². The lowest BCUT2D eigenvalue weighted by molar-refractivity contribution is -0.132. The third-order valence-corrected chi connectivity index (χ3v) is 7.04.